The SMILES string of the molecule is O=C(CCn1cc([N+](=O)[O-])cn1)Nc1cccc(OC(F)(F)F)c1. The standard InChI is InChI=1S/C13H11F3N4O4/c14-13(15,16)24-11-3-1-2-9(6-11)18-12(21)4-5-19-8-10(7-17-19)20(22)23/h1-3,6-8H,4-5H2,(H,18,21). The lowest BCUT2D eigenvalue weighted by Gasteiger charge is -2.10. The third kappa shape index (κ3) is 5.26. The topological polar surface area (TPSA) is 99.3 Å². The highest BCUT2D eigenvalue weighted by atomic mass is 19.4. The van der Waals surface area contributed by atoms with Gasteiger partial charge in [-0.25, -0.2) is 0 Å². The molecule has 2 aromatic rings. The van der Waals surface area contributed by atoms with Crippen molar-refractivity contribution >= 4 is 17.3 Å². The van der Waals surface area contributed by atoms with Crippen LogP contribution < -0.4 is 10.1 Å². The molecule has 11 heteroatoms. The highest BCUT2D eigenvalue weighted by Gasteiger charge is 2.31. The summed E-state index contributed by atoms with van der Waals surface area (Å²) < 4.78 is 41.4. The molecule has 0 atom stereocenters. The first-order valence-electron chi connectivity index (χ1n) is 6.55. The van der Waals surface area contributed by atoms with Crippen molar-refractivity contribution in [3.8, 4) is 5.75 Å². The van der Waals surface area contributed by atoms with Gasteiger partial charge in [-0.3, -0.25) is 19.6 Å². The molecule has 1 aromatic carbocycles. The van der Waals surface area contributed by atoms with Gasteiger partial charge in [-0.1, -0.05) is 6.07 Å². The molecule has 2 rings (SSSR count). The number of rotatable bonds is 6. The monoisotopic (exact) mass is 344 g/mol. The number of benzene rings is 1. The zero-order valence-corrected chi connectivity index (χ0v) is 12.0. The molecule has 8 nitrogen and oxygen atoms in total. The van der Waals surface area contributed by atoms with Gasteiger partial charge < -0.3 is 10.1 Å². The number of ether oxygens (including phenoxy) is 1. The number of carbonyl (C=O) groups excluding carboxylic acids is 1. The summed E-state index contributed by atoms with van der Waals surface area (Å²) in [6.45, 7) is 0.0818. The van der Waals surface area contributed by atoms with E-state index < -0.39 is 22.9 Å². The first-order valence-corrected chi connectivity index (χ1v) is 6.55. The summed E-state index contributed by atoms with van der Waals surface area (Å²) in [5, 5.41) is 16.6. The fraction of sp³-hybridized carbons (Fsp3) is 0.231. The number of nitrogens with one attached hydrogen (secondary N) is 1. The number of nitro groups is 1. The van der Waals surface area contributed by atoms with Crippen LogP contribution in [-0.2, 0) is 11.3 Å². The van der Waals surface area contributed by atoms with Gasteiger partial charge in [0, 0.05) is 24.7 Å². The van der Waals surface area contributed by atoms with E-state index in [1.54, 1.807) is 0 Å². The molecule has 1 N–H and O–H groups in total. The number of aryl methyl sites for hydroxylation is 1. The maximum Gasteiger partial charge on any atom is 0.573 e. The largest absolute Gasteiger partial charge is 0.573 e. The number of halogens is 3. The Hall–Kier alpha value is -3.11. The van der Waals surface area contributed by atoms with Crippen LogP contribution in [0.25, 0.3) is 0 Å². The van der Waals surface area contributed by atoms with Crippen LogP contribution in [0.3, 0.4) is 0 Å². The van der Waals surface area contributed by atoms with Crippen molar-refractivity contribution in [2.45, 2.75) is 19.3 Å². The van der Waals surface area contributed by atoms with Gasteiger partial charge in [0.1, 0.15) is 18.1 Å². The van der Waals surface area contributed by atoms with E-state index in [0.29, 0.717) is 0 Å². The number of hydrogen-bond acceptors (Lipinski definition) is 5. The highest BCUT2D eigenvalue weighted by molar-refractivity contribution is 5.90. The number of alkyl halides is 3. The Bertz CT molecular complexity index is 745. The fourth-order valence-electron chi connectivity index (χ4n) is 1.78. The molecule has 0 aliphatic carbocycles. The van der Waals surface area contributed by atoms with Crippen molar-refractivity contribution in [1.29, 1.82) is 0 Å². The predicted octanol–water partition coefficient (Wildman–Crippen LogP) is 2.72. The minimum atomic E-state index is -4.82. The van der Waals surface area contributed by atoms with E-state index in [1.807, 2.05) is 0 Å². The third-order valence-electron chi connectivity index (χ3n) is 2.75. The molecule has 0 unspecified atom stereocenters. The van der Waals surface area contributed by atoms with Crippen molar-refractivity contribution in [3.63, 3.8) is 0 Å². The summed E-state index contributed by atoms with van der Waals surface area (Å²) in [5.74, 6) is -0.944. The summed E-state index contributed by atoms with van der Waals surface area (Å²) in [7, 11) is 0. The summed E-state index contributed by atoms with van der Waals surface area (Å²) in [6.07, 6.45) is -2.67. The Morgan fingerprint density at radius 1 is 1.42 bits per heavy atom. The first kappa shape index (κ1) is 17.2. The van der Waals surface area contributed by atoms with E-state index in [2.05, 4.69) is 15.2 Å². The number of amides is 1. The quantitative estimate of drug-likeness (QED) is 0.642. The number of nitrogens with zero attached hydrogens (tertiary/aromatic N) is 3. The molecule has 24 heavy (non-hydrogen) atoms. The molecule has 1 heterocycles. The van der Waals surface area contributed by atoms with Gasteiger partial charge in [-0.2, -0.15) is 5.10 Å². The molecule has 0 radical (unpaired) electrons. The van der Waals surface area contributed by atoms with Gasteiger partial charge in [0.2, 0.25) is 5.91 Å². The van der Waals surface area contributed by atoms with Crippen LogP contribution in [0.1, 0.15) is 6.42 Å². The normalized spacial score (nSPS) is 11.1. The van der Waals surface area contributed by atoms with Crippen LogP contribution >= 0.6 is 0 Å². The minimum Gasteiger partial charge on any atom is -0.406 e. The van der Waals surface area contributed by atoms with E-state index in [1.165, 1.54) is 23.0 Å². The number of carbonyl (C=O) groups is 1. The first-order chi connectivity index (χ1) is 11.2. The second kappa shape index (κ2) is 6.98. The Morgan fingerprint density at radius 2 is 2.17 bits per heavy atom. The number of aromatic nitrogens is 2. The fourth-order valence-corrected chi connectivity index (χ4v) is 1.78. The molecular formula is C13H11F3N4O4. The molecule has 0 bridgehead atoms. The molecule has 0 saturated carbocycles. The lowest BCUT2D eigenvalue weighted by molar-refractivity contribution is -0.385. The molecule has 0 aliphatic heterocycles. The van der Waals surface area contributed by atoms with Crippen molar-refractivity contribution < 1.29 is 27.6 Å². The highest BCUT2D eigenvalue weighted by Crippen LogP contribution is 2.25. The van der Waals surface area contributed by atoms with Gasteiger partial charge in [0.05, 0.1) is 4.92 Å². The molecule has 0 saturated heterocycles. The summed E-state index contributed by atoms with van der Waals surface area (Å²) in [6, 6.07) is 4.84. The van der Waals surface area contributed by atoms with Gasteiger partial charge in [-0.15, -0.1) is 13.2 Å². The smallest absolute Gasteiger partial charge is 0.406 e. The second-order valence-electron chi connectivity index (χ2n) is 4.59. The van der Waals surface area contributed by atoms with Crippen LogP contribution in [0.2, 0.25) is 0 Å². The number of hydrogen-bond donors (Lipinski definition) is 1. The Morgan fingerprint density at radius 3 is 2.79 bits per heavy atom. The molecule has 0 fully saturated rings. The Labute approximate surface area is 133 Å². The van der Waals surface area contributed by atoms with Crippen LogP contribution in [0.4, 0.5) is 24.5 Å². The Kier molecular flexibility index (Phi) is 5.02. The lowest BCUT2D eigenvalue weighted by Crippen LogP contribution is -2.18. The van der Waals surface area contributed by atoms with Gasteiger partial charge in [-0.05, 0) is 12.1 Å². The van der Waals surface area contributed by atoms with Crippen LogP contribution in [0.15, 0.2) is 36.7 Å². The van der Waals surface area contributed by atoms with E-state index >= 15 is 0 Å². The van der Waals surface area contributed by atoms with Crippen LogP contribution in [0.5, 0.6) is 5.75 Å². The van der Waals surface area contributed by atoms with Gasteiger partial charge in [0.25, 0.3) is 0 Å². The van der Waals surface area contributed by atoms with Crippen molar-refractivity contribution in [3.05, 3.63) is 46.8 Å². The second-order valence-corrected chi connectivity index (χ2v) is 4.59. The molecule has 0 aliphatic rings. The molecular weight excluding hydrogens is 333 g/mol. The minimum absolute atomic E-state index is 0.0663. The van der Waals surface area contributed by atoms with E-state index in [0.717, 1.165) is 18.3 Å². The lowest BCUT2D eigenvalue weighted by atomic mass is 10.3. The maximum atomic E-state index is 12.1. The molecule has 128 valence electrons. The molecule has 1 aromatic heterocycles. The van der Waals surface area contributed by atoms with Crippen molar-refractivity contribution in [1.82, 2.24) is 9.78 Å². The van der Waals surface area contributed by atoms with Crippen molar-refractivity contribution in [2.75, 3.05) is 5.32 Å². The average molecular weight is 344 g/mol. The van der Waals surface area contributed by atoms with Crippen LogP contribution in [0, 0.1) is 10.1 Å². The maximum absolute atomic E-state index is 12.1. The Balaban J connectivity index is 1.90. The third-order valence-corrected chi connectivity index (χ3v) is 2.75. The zero-order chi connectivity index (χ0) is 17.7. The van der Waals surface area contributed by atoms with E-state index in [9.17, 15) is 28.1 Å². The predicted molar refractivity (Wildman–Crippen MR) is 75.3 cm³/mol. The molecule has 0 spiro atoms. The summed E-state index contributed by atoms with van der Waals surface area (Å²) in [5.41, 5.74) is -0.0689. The summed E-state index contributed by atoms with van der Waals surface area (Å²) >= 11 is 0. The zero-order valence-electron chi connectivity index (χ0n) is 12.0. The molecule has 1 amide bonds. The average Bonchev–Trinajstić information content (AvgIpc) is 2.93. The van der Waals surface area contributed by atoms with E-state index in [4.69, 9.17) is 0 Å². The van der Waals surface area contributed by atoms with Crippen molar-refractivity contribution in [2.24, 2.45) is 0 Å². The summed E-state index contributed by atoms with van der Waals surface area (Å²) in [4.78, 5) is 21.7. The van der Waals surface area contributed by atoms with Crippen LogP contribution in [-0.4, -0.2) is 27.0 Å². The number of anilines is 1. The van der Waals surface area contributed by atoms with Gasteiger partial charge >= 0.3 is 12.0 Å². The van der Waals surface area contributed by atoms with Gasteiger partial charge in [0.15, 0.2) is 0 Å². The van der Waals surface area contributed by atoms with E-state index in [-0.39, 0.29) is 24.3 Å².